The molecule has 1 amide bonds. The number of halogens is 1. The number of amides is 1. The highest BCUT2D eigenvalue weighted by molar-refractivity contribution is 5.83. The lowest BCUT2D eigenvalue weighted by atomic mass is 10.1. The van der Waals surface area contributed by atoms with Crippen LogP contribution in [0.4, 0.5) is 4.39 Å². The molecule has 3 unspecified atom stereocenters. The first-order chi connectivity index (χ1) is 11.5. The fraction of sp³-hybridized carbons (Fsp3) is 0.350. The Kier molecular flexibility index (Phi) is 4.56. The van der Waals surface area contributed by atoms with Crippen LogP contribution in [0.5, 0.6) is 5.75 Å². The molecule has 1 aliphatic carbocycles. The van der Waals surface area contributed by atoms with Crippen LogP contribution < -0.4 is 4.74 Å². The number of hydrogen-bond donors (Lipinski definition) is 0. The minimum atomic E-state index is -0.243. The number of methoxy groups -OCH3 is 1. The van der Waals surface area contributed by atoms with Crippen LogP contribution in [0, 0.1) is 11.7 Å². The van der Waals surface area contributed by atoms with Crippen molar-refractivity contribution in [1.82, 2.24) is 4.90 Å². The molecule has 126 valence electrons. The lowest BCUT2D eigenvalue weighted by Gasteiger charge is -2.26. The normalized spacial score (nSPS) is 20.3. The molecule has 2 aromatic rings. The fourth-order valence-corrected chi connectivity index (χ4v) is 3.10. The number of nitrogens with zero attached hydrogens (tertiary/aromatic N) is 1. The summed E-state index contributed by atoms with van der Waals surface area (Å²) in [7, 11) is 3.48. The van der Waals surface area contributed by atoms with Crippen molar-refractivity contribution in [2.45, 2.75) is 25.3 Å². The van der Waals surface area contributed by atoms with Gasteiger partial charge >= 0.3 is 0 Å². The molecular weight excluding hydrogens is 305 g/mol. The van der Waals surface area contributed by atoms with Gasteiger partial charge in [0, 0.05) is 13.0 Å². The topological polar surface area (TPSA) is 29.5 Å². The Labute approximate surface area is 142 Å². The van der Waals surface area contributed by atoms with Gasteiger partial charge in [-0.25, -0.2) is 4.39 Å². The van der Waals surface area contributed by atoms with E-state index in [1.807, 2.05) is 38.2 Å². The number of ether oxygens (including phenoxy) is 1. The zero-order valence-electron chi connectivity index (χ0n) is 14.2. The Morgan fingerprint density at radius 1 is 1.17 bits per heavy atom. The maximum atomic E-state index is 13.0. The summed E-state index contributed by atoms with van der Waals surface area (Å²) in [6.45, 7) is 2.02. The minimum Gasteiger partial charge on any atom is -0.497 e. The molecule has 4 heteroatoms. The first-order valence-corrected chi connectivity index (χ1v) is 8.17. The highest BCUT2D eigenvalue weighted by atomic mass is 19.1. The van der Waals surface area contributed by atoms with E-state index >= 15 is 0 Å². The highest BCUT2D eigenvalue weighted by Crippen LogP contribution is 2.49. The van der Waals surface area contributed by atoms with Crippen molar-refractivity contribution in [3.8, 4) is 5.75 Å². The van der Waals surface area contributed by atoms with Crippen LogP contribution in [0.1, 0.15) is 36.4 Å². The number of benzene rings is 2. The van der Waals surface area contributed by atoms with Crippen LogP contribution in [0.3, 0.4) is 0 Å². The van der Waals surface area contributed by atoms with Gasteiger partial charge in [0.1, 0.15) is 11.6 Å². The lowest BCUT2D eigenvalue weighted by Crippen LogP contribution is -2.31. The summed E-state index contributed by atoms with van der Waals surface area (Å²) in [6, 6.07) is 14.2. The summed E-state index contributed by atoms with van der Waals surface area (Å²) >= 11 is 0. The molecule has 0 bridgehead atoms. The predicted octanol–water partition coefficient (Wildman–Crippen LogP) is 4.16. The van der Waals surface area contributed by atoms with Crippen LogP contribution in [0.2, 0.25) is 0 Å². The average Bonchev–Trinajstić information content (AvgIpc) is 3.41. The second-order valence-electron chi connectivity index (χ2n) is 6.40. The Bertz CT molecular complexity index is 711. The molecule has 24 heavy (non-hydrogen) atoms. The summed E-state index contributed by atoms with van der Waals surface area (Å²) in [5, 5.41) is 0. The van der Waals surface area contributed by atoms with Crippen molar-refractivity contribution in [2.75, 3.05) is 14.2 Å². The van der Waals surface area contributed by atoms with Gasteiger partial charge in [0.15, 0.2) is 0 Å². The van der Waals surface area contributed by atoms with Crippen LogP contribution in [-0.4, -0.2) is 25.0 Å². The van der Waals surface area contributed by atoms with Crippen molar-refractivity contribution in [2.24, 2.45) is 5.92 Å². The quantitative estimate of drug-likeness (QED) is 0.825. The molecule has 0 heterocycles. The molecular formula is C20H22FNO2. The molecule has 1 fully saturated rings. The standard InChI is InChI=1S/C20H22FNO2/c1-13(14-6-10-17(24-3)11-7-14)22(2)20(23)19-12-18(19)15-4-8-16(21)9-5-15/h4-11,13,18-19H,12H2,1-3H3. The van der Waals surface area contributed by atoms with Gasteiger partial charge in [-0.15, -0.1) is 0 Å². The van der Waals surface area contributed by atoms with E-state index in [1.165, 1.54) is 12.1 Å². The molecule has 3 atom stereocenters. The molecule has 0 spiro atoms. The van der Waals surface area contributed by atoms with E-state index < -0.39 is 0 Å². The zero-order valence-corrected chi connectivity index (χ0v) is 14.2. The number of carbonyl (C=O) groups excluding carboxylic acids is 1. The van der Waals surface area contributed by atoms with Gasteiger partial charge in [0.25, 0.3) is 0 Å². The minimum absolute atomic E-state index is 0.00107. The largest absolute Gasteiger partial charge is 0.497 e. The molecule has 3 nitrogen and oxygen atoms in total. The summed E-state index contributed by atoms with van der Waals surface area (Å²) in [5.74, 6) is 0.920. The van der Waals surface area contributed by atoms with Crippen molar-refractivity contribution in [3.05, 3.63) is 65.5 Å². The third-order valence-electron chi connectivity index (χ3n) is 4.93. The SMILES string of the molecule is COc1ccc(C(C)N(C)C(=O)C2CC2c2ccc(F)cc2)cc1. The van der Waals surface area contributed by atoms with E-state index in [0.29, 0.717) is 0 Å². The maximum Gasteiger partial charge on any atom is 0.226 e. The van der Waals surface area contributed by atoms with Crippen LogP contribution in [-0.2, 0) is 4.79 Å². The van der Waals surface area contributed by atoms with E-state index in [1.54, 1.807) is 24.1 Å². The first-order valence-electron chi connectivity index (χ1n) is 8.17. The van der Waals surface area contributed by atoms with E-state index in [2.05, 4.69) is 0 Å². The maximum absolute atomic E-state index is 13.0. The smallest absolute Gasteiger partial charge is 0.226 e. The third kappa shape index (κ3) is 3.28. The Hall–Kier alpha value is -2.36. The van der Waals surface area contributed by atoms with Crippen molar-refractivity contribution >= 4 is 5.91 Å². The lowest BCUT2D eigenvalue weighted by molar-refractivity contribution is -0.133. The molecule has 0 aliphatic heterocycles. The Morgan fingerprint density at radius 3 is 2.38 bits per heavy atom. The van der Waals surface area contributed by atoms with Gasteiger partial charge in [-0.2, -0.15) is 0 Å². The molecule has 2 aromatic carbocycles. The van der Waals surface area contributed by atoms with E-state index in [-0.39, 0.29) is 29.6 Å². The molecule has 0 N–H and O–H groups in total. The third-order valence-corrected chi connectivity index (χ3v) is 4.93. The summed E-state index contributed by atoms with van der Waals surface area (Å²) < 4.78 is 18.2. The number of hydrogen-bond acceptors (Lipinski definition) is 2. The molecule has 0 radical (unpaired) electrons. The molecule has 0 aromatic heterocycles. The Morgan fingerprint density at radius 2 is 1.79 bits per heavy atom. The van der Waals surface area contributed by atoms with Crippen LogP contribution in [0.15, 0.2) is 48.5 Å². The van der Waals surface area contributed by atoms with Gasteiger partial charge in [-0.1, -0.05) is 24.3 Å². The van der Waals surface area contributed by atoms with Crippen molar-refractivity contribution in [1.29, 1.82) is 0 Å². The highest BCUT2D eigenvalue weighted by Gasteiger charge is 2.45. The molecule has 0 saturated heterocycles. The number of rotatable bonds is 5. The monoisotopic (exact) mass is 327 g/mol. The van der Waals surface area contributed by atoms with Gasteiger partial charge in [0.2, 0.25) is 5.91 Å². The summed E-state index contributed by atoms with van der Waals surface area (Å²) in [4.78, 5) is 14.5. The number of carbonyl (C=O) groups is 1. The second kappa shape index (κ2) is 6.63. The second-order valence-corrected chi connectivity index (χ2v) is 6.40. The summed E-state index contributed by atoms with van der Waals surface area (Å²) in [6.07, 6.45) is 0.837. The predicted molar refractivity (Wildman–Crippen MR) is 91.4 cm³/mol. The van der Waals surface area contributed by atoms with E-state index in [0.717, 1.165) is 23.3 Å². The summed E-state index contributed by atoms with van der Waals surface area (Å²) in [5.41, 5.74) is 2.12. The molecule has 3 rings (SSSR count). The van der Waals surface area contributed by atoms with Crippen molar-refractivity contribution < 1.29 is 13.9 Å². The van der Waals surface area contributed by atoms with Gasteiger partial charge in [-0.05, 0) is 54.7 Å². The van der Waals surface area contributed by atoms with Gasteiger partial charge in [-0.3, -0.25) is 4.79 Å². The van der Waals surface area contributed by atoms with Crippen LogP contribution in [0.25, 0.3) is 0 Å². The molecule has 1 saturated carbocycles. The molecule has 1 aliphatic rings. The van der Waals surface area contributed by atoms with E-state index in [9.17, 15) is 9.18 Å². The first kappa shape index (κ1) is 16.5. The van der Waals surface area contributed by atoms with Gasteiger partial charge in [0.05, 0.1) is 13.2 Å². The fourth-order valence-electron chi connectivity index (χ4n) is 3.10. The van der Waals surface area contributed by atoms with Gasteiger partial charge < -0.3 is 9.64 Å². The average molecular weight is 327 g/mol. The Balaban J connectivity index is 1.65. The zero-order chi connectivity index (χ0) is 17.3. The van der Waals surface area contributed by atoms with E-state index in [4.69, 9.17) is 4.74 Å². The van der Waals surface area contributed by atoms with Crippen molar-refractivity contribution in [3.63, 3.8) is 0 Å². The van der Waals surface area contributed by atoms with Crippen LogP contribution >= 0.6 is 0 Å².